The van der Waals surface area contributed by atoms with Crippen molar-refractivity contribution in [3.05, 3.63) is 21.9 Å². The van der Waals surface area contributed by atoms with E-state index in [1.165, 1.54) is 30.6 Å². The number of aliphatic hydroxyl groups excluding tert-OH is 1. The molecule has 0 bridgehead atoms. The quantitative estimate of drug-likeness (QED) is 0.795. The molecule has 0 unspecified atom stereocenters. The molecule has 0 radical (unpaired) electrons. The Labute approximate surface area is 118 Å². The number of hydrogen-bond acceptors (Lipinski definition) is 3. The summed E-state index contributed by atoms with van der Waals surface area (Å²) in [5.41, 5.74) is 1.08. The van der Waals surface area contributed by atoms with Crippen molar-refractivity contribution < 1.29 is 9.90 Å². The van der Waals surface area contributed by atoms with Crippen molar-refractivity contribution in [1.82, 2.24) is 10.6 Å². The lowest BCUT2D eigenvalue weighted by molar-refractivity contribution is 0.174. The SMILES string of the molecule is Cc1ccsc1[C@@H](O)CNC(=O)NC1CCCCC1. The second-order valence-electron chi connectivity index (χ2n) is 5.17. The van der Waals surface area contributed by atoms with Crippen molar-refractivity contribution in [2.75, 3.05) is 6.54 Å². The van der Waals surface area contributed by atoms with Gasteiger partial charge in [0.25, 0.3) is 0 Å². The number of aliphatic hydroxyl groups is 1. The summed E-state index contributed by atoms with van der Waals surface area (Å²) >= 11 is 1.52. The molecule has 5 heteroatoms. The highest BCUT2D eigenvalue weighted by atomic mass is 32.1. The molecule has 0 spiro atoms. The minimum Gasteiger partial charge on any atom is -0.386 e. The zero-order valence-corrected chi connectivity index (χ0v) is 12.1. The van der Waals surface area contributed by atoms with Crippen LogP contribution in [0, 0.1) is 6.92 Å². The first-order chi connectivity index (χ1) is 9.16. The molecule has 1 fully saturated rings. The normalized spacial score (nSPS) is 18.0. The van der Waals surface area contributed by atoms with Gasteiger partial charge in [-0.15, -0.1) is 11.3 Å². The Kier molecular flexibility index (Phi) is 5.22. The van der Waals surface area contributed by atoms with Crippen molar-refractivity contribution in [2.45, 2.75) is 51.2 Å². The third-order valence-electron chi connectivity index (χ3n) is 3.60. The van der Waals surface area contributed by atoms with Crippen LogP contribution in [0.5, 0.6) is 0 Å². The van der Waals surface area contributed by atoms with E-state index in [9.17, 15) is 9.90 Å². The molecular formula is C14H22N2O2S. The Bertz CT molecular complexity index is 413. The van der Waals surface area contributed by atoms with Gasteiger partial charge in [0.05, 0.1) is 6.54 Å². The van der Waals surface area contributed by atoms with Gasteiger partial charge in [-0.1, -0.05) is 19.3 Å². The number of aryl methyl sites for hydroxylation is 1. The Balaban J connectivity index is 1.72. The third kappa shape index (κ3) is 4.21. The Hall–Kier alpha value is -1.07. The zero-order valence-electron chi connectivity index (χ0n) is 11.3. The lowest BCUT2D eigenvalue weighted by Crippen LogP contribution is -2.44. The average molecular weight is 282 g/mol. The number of amides is 2. The molecule has 106 valence electrons. The van der Waals surface area contributed by atoms with Crippen molar-refractivity contribution in [2.24, 2.45) is 0 Å². The van der Waals surface area contributed by atoms with Crippen LogP contribution in [-0.4, -0.2) is 23.7 Å². The summed E-state index contributed by atoms with van der Waals surface area (Å²) in [6.45, 7) is 2.23. The van der Waals surface area contributed by atoms with Crippen LogP contribution in [-0.2, 0) is 0 Å². The molecule has 19 heavy (non-hydrogen) atoms. The zero-order chi connectivity index (χ0) is 13.7. The van der Waals surface area contributed by atoms with Gasteiger partial charge in [-0.05, 0) is 36.8 Å². The lowest BCUT2D eigenvalue weighted by atomic mass is 9.96. The largest absolute Gasteiger partial charge is 0.386 e. The molecule has 1 aliphatic carbocycles. The number of hydrogen-bond donors (Lipinski definition) is 3. The lowest BCUT2D eigenvalue weighted by Gasteiger charge is -2.23. The number of thiophene rings is 1. The van der Waals surface area contributed by atoms with Gasteiger partial charge in [-0.3, -0.25) is 0 Å². The molecule has 0 saturated heterocycles. The van der Waals surface area contributed by atoms with Crippen LogP contribution >= 0.6 is 11.3 Å². The molecule has 0 aliphatic heterocycles. The van der Waals surface area contributed by atoms with Gasteiger partial charge in [-0.2, -0.15) is 0 Å². The maximum Gasteiger partial charge on any atom is 0.315 e. The highest BCUT2D eigenvalue weighted by Crippen LogP contribution is 2.23. The summed E-state index contributed by atoms with van der Waals surface area (Å²) in [6.07, 6.45) is 5.19. The maximum absolute atomic E-state index is 11.7. The molecule has 4 nitrogen and oxygen atoms in total. The molecule has 1 aromatic rings. The van der Waals surface area contributed by atoms with Crippen LogP contribution in [0.1, 0.15) is 48.6 Å². The number of urea groups is 1. The van der Waals surface area contributed by atoms with E-state index >= 15 is 0 Å². The van der Waals surface area contributed by atoms with Gasteiger partial charge >= 0.3 is 6.03 Å². The first kappa shape index (κ1) is 14.3. The molecular weight excluding hydrogens is 260 g/mol. The average Bonchev–Trinajstić information content (AvgIpc) is 2.83. The second kappa shape index (κ2) is 6.91. The van der Waals surface area contributed by atoms with Crippen molar-refractivity contribution in [3.63, 3.8) is 0 Å². The fourth-order valence-corrected chi connectivity index (χ4v) is 3.40. The molecule has 1 heterocycles. The molecule has 0 aromatic carbocycles. The number of nitrogens with one attached hydrogen (secondary N) is 2. The topological polar surface area (TPSA) is 61.4 Å². The molecule has 1 saturated carbocycles. The van der Waals surface area contributed by atoms with Gasteiger partial charge in [-0.25, -0.2) is 4.79 Å². The smallest absolute Gasteiger partial charge is 0.315 e. The van der Waals surface area contributed by atoms with E-state index in [2.05, 4.69) is 10.6 Å². The second-order valence-corrected chi connectivity index (χ2v) is 6.12. The Morgan fingerprint density at radius 1 is 1.47 bits per heavy atom. The van der Waals surface area contributed by atoms with E-state index < -0.39 is 6.10 Å². The minimum absolute atomic E-state index is 0.167. The van der Waals surface area contributed by atoms with Crippen molar-refractivity contribution in [3.8, 4) is 0 Å². The summed E-state index contributed by atoms with van der Waals surface area (Å²) in [5.74, 6) is 0. The third-order valence-corrected chi connectivity index (χ3v) is 4.72. The predicted octanol–water partition coefficient (Wildman–Crippen LogP) is 2.72. The number of rotatable bonds is 4. The summed E-state index contributed by atoms with van der Waals surface area (Å²) < 4.78 is 0. The first-order valence-corrected chi connectivity index (χ1v) is 7.81. The summed E-state index contributed by atoms with van der Waals surface area (Å²) in [5, 5.41) is 17.7. The predicted molar refractivity (Wildman–Crippen MR) is 77.4 cm³/mol. The van der Waals surface area contributed by atoms with Crippen molar-refractivity contribution >= 4 is 17.4 Å². The molecule has 1 atom stereocenters. The highest BCUT2D eigenvalue weighted by molar-refractivity contribution is 7.10. The van der Waals surface area contributed by atoms with Gasteiger partial charge in [0, 0.05) is 10.9 Å². The summed E-state index contributed by atoms with van der Waals surface area (Å²) in [6, 6.07) is 2.11. The first-order valence-electron chi connectivity index (χ1n) is 6.93. The summed E-state index contributed by atoms with van der Waals surface area (Å²) in [4.78, 5) is 12.7. The van der Waals surface area contributed by atoms with Gasteiger partial charge in [0.15, 0.2) is 0 Å². The van der Waals surface area contributed by atoms with Crippen LogP contribution < -0.4 is 10.6 Å². The molecule has 3 N–H and O–H groups in total. The van der Waals surface area contributed by atoms with Crippen LogP contribution in [0.3, 0.4) is 0 Å². The fraction of sp³-hybridized carbons (Fsp3) is 0.643. The molecule has 2 rings (SSSR count). The van der Waals surface area contributed by atoms with E-state index in [1.807, 2.05) is 18.4 Å². The van der Waals surface area contributed by atoms with Crippen molar-refractivity contribution in [1.29, 1.82) is 0 Å². The van der Waals surface area contributed by atoms with Crippen LogP contribution in [0.15, 0.2) is 11.4 Å². The van der Waals surface area contributed by atoms with Gasteiger partial charge < -0.3 is 15.7 Å². The van der Waals surface area contributed by atoms with Gasteiger partial charge in [0.1, 0.15) is 6.10 Å². The summed E-state index contributed by atoms with van der Waals surface area (Å²) in [7, 11) is 0. The van der Waals surface area contributed by atoms with Gasteiger partial charge in [0.2, 0.25) is 0 Å². The van der Waals surface area contributed by atoms with Crippen LogP contribution in [0.4, 0.5) is 4.79 Å². The molecule has 2 amide bonds. The number of carbonyl (C=O) groups is 1. The Morgan fingerprint density at radius 2 is 2.21 bits per heavy atom. The van der Waals surface area contributed by atoms with Crippen LogP contribution in [0.25, 0.3) is 0 Å². The van der Waals surface area contributed by atoms with E-state index in [1.54, 1.807) is 0 Å². The molecule has 1 aliphatic rings. The van der Waals surface area contributed by atoms with E-state index in [0.29, 0.717) is 6.04 Å². The standard InChI is InChI=1S/C14H22N2O2S/c1-10-7-8-19-13(10)12(17)9-15-14(18)16-11-5-3-2-4-6-11/h7-8,11-12,17H,2-6,9H2,1H3,(H2,15,16,18)/t12-/m0/s1. The molecule has 1 aromatic heterocycles. The van der Waals surface area contributed by atoms with Crippen LogP contribution in [0.2, 0.25) is 0 Å². The van der Waals surface area contributed by atoms with E-state index in [4.69, 9.17) is 0 Å². The Morgan fingerprint density at radius 3 is 2.84 bits per heavy atom. The van der Waals surface area contributed by atoms with E-state index in [0.717, 1.165) is 23.3 Å². The fourth-order valence-electron chi connectivity index (χ4n) is 2.49. The monoisotopic (exact) mass is 282 g/mol. The highest BCUT2D eigenvalue weighted by Gasteiger charge is 2.17. The minimum atomic E-state index is -0.614. The van der Waals surface area contributed by atoms with E-state index in [-0.39, 0.29) is 12.6 Å². The number of carbonyl (C=O) groups excluding carboxylic acids is 1. The maximum atomic E-state index is 11.7.